The standard InChI is InChI=1S/C29H36ClFN2/c1-6-9-11-21(4)29(20-32-22(5)33-27-18-25(30)17-26(31)19-27)28(12-10-7-2)24-15-13-23(8-3)14-16-24/h11-20H,6-10H2,1-5H3,(H,32,33)/b21-11+,28-12-,29-20+. The van der Waals surface area contributed by atoms with Crippen molar-refractivity contribution in [2.75, 3.05) is 5.32 Å². The average Bonchev–Trinajstić information content (AvgIpc) is 2.79. The van der Waals surface area contributed by atoms with Crippen LogP contribution in [-0.4, -0.2) is 5.84 Å². The number of halogens is 2. The molecule has 0 aliphatic carbocycles. The summed E-state index contributed by atoms with van der Waals surface area (Å²) < 4.78 is 13.7. The summed E-state index contributed by atoms with van der Waals surface area (Å²) in [4.78, 5) is 4.69. The molecule has 0 heterocycles. The minimum Gasteiger partial charge on any atom is -0.344 e. The predicted molar refractivity (Wildman–Crippen MR) is 144 cm³/mol. The Morgan fingerprint density at radius 1 is 0.970 bits per heavy atom. The second-order valence-corrected chi connectivity index (χ2v) is 8.61. The molecular weight excluding hydrogens is 431 g/mol. The van der Waals surface area contributed by atoms with Gasteiger partial charge in [0.2, 0.25) is 0 Å². The lowest BCUT2D eigenvalue weighted by Crippen LogP contribution is -2.07. The molecule has 0 amide bonds. The molecule has 0 radical (unpaired) electrons. The van der Waals surface area contributed by atoms with Crippen LogP contribution in [0.2, 0.25) is 5.02 Å². The first-order valence-corrected chi connectivity index (χ1v) is 12.2. The van der Waals surface area contributed by atoms with Crippen LogP contribution < -0.4 is 5.32 Å². The lowest BCUT2D eigenvalue weighted by atomic mass is 9.91. The number of anilines is 1. The number of benzene rings is 2. The second-order valence-electron chi connectivity index (χ2n) is 8.17. The smallest absolute Gasteiger partial charge is 0.126 e. The predicted octanol–water partition coefficient (Wildman–Crippen LogP) is 9.39. The maximum atomic E-state index is 13.7. The summed E-state index contributed by atoms with van der Waals surface area (Å²) in [6, 6.07) is 13.2. The number of amidine groups is 1. The van der Waals surface area contributed by atoms with E-state index in [4.69, 9.17) is 16.6 Å². The van der Waals surface area contributed by atoms with E-state index in [2.05, 4.69) is 69.4 Å². The van der Waals surface area contributed by atoms with E-state index in [0.717, 1.165) is 37.7 Å². The van der Waals surface area contributed by atoms with Crippen LogP contribution in [0.3, 0.4) is 0 Å². The summed E-state index contributed by atoms with van der Waals surface area (Å²) in [5, 5.41) is 3.49. The molecule has 0 bridgehead atoms. The number of allylic oxidation sites excluding steroid dienone is 5. The molecule has 2 rings (SSSR count). The Labute approximate surface area is 204 Å². The van der Waals surface area contributed by atoms with Crippen LogP contribution in [-0.2, 0) is 6.42 Å². The van der Waals surface area contributed by atoms with Gasteiger partial charge in [0, 0.05) is 22.5 Å². The number of nitrogens with one attached hydrogen (secondary N) is 1. The Balaban J connectivity index is 2.48. The molecule has 0 saturated carbocycles. The quantitative estimate of drug-likeness (QED) is 0.210. The van der Waals surface area contributed by atoms with Gasteiger partial charge in [0.1, 0.15) is 11.7 Å². The number of unbranched alkanes of at least 4 members (excludes halogenated alkanes) is 2. The van der Waals surface area contributed by atoms with Crippen LogP contribution in [0.15, 0.2) is 77.0 Å². The Morgan fingerprint density at radius 3 is 2.24 bits per heavy atom. The summed E-state index contributed by atoms with van der Waals surface area (Å²) in [5.74, 6) is 0.279. The van der Waals surface area contributed by atoms with Gasteiger partial charge < -0.3 is 5.32 Å². The fraction of sp³-hybridized carbons (Fsp3) is 0.345. The molecule has 2 aromatic carbocycles. The molecule has 33 heavy (non-hydrogen) atoms. The Bertz CT molecular complexity index is 1010. The van der Waals surface area contributed by atoms with Crippen molar-refractivity contribution >= 4 is 28.7 Å². The van der Waals surface area contributed by atoms with Gasteiger partial charge in [-0.25, -0.2) is 9.38 Å². The zero-order valence-electron chi connectivity index (χ0n) is 20.5. The minimum absolute atomic E-state index is 0.347. The first kappa shape index (κ1) is 26.6. The molecule has 0 fully saturated rings. The lowest BCUT2D eigenvalue weighted by Gasteiger charge is -2.15. The van der Waals surface area contributed by atoms with Gasteiger partial charge in [-0.15, -0.1) is 0 Å². The van der Waals surface area contributed by atoms with Gasteiger partial charge in [-0.3, -0.25) is 0 Å². The van der Waals surface area contributed by atoms with Gasteiger partial charge in [0.05, 0.1) is 0 Å². The molecule has 2 nitrogen and oxygen atoms in total. The molecule has 0 aromatic heterocycles. The van der Waals surface area contributed by atoms with Crippen LogP contribution in [0, 0.1) is 5.82 Å². The van der Waals surface area contributed by atoms with Crippen LogP contribution >= 0.6 is 11.6 Å². The summed E-state index contributed by atoms with van der Waals surface area (Å²) in [5.41, 5.74) is 6.57. The molecule has 1 N–H and O–H groups in total. The molecule has 4 heteroatoms. The van der Waals surface area contributed by atoms with E-state index in [1.54, 1.807) is 6.07 Å². The van der Waals surface area contributed by atoms with Crippen LogP contribution in [0.5, 0.6) is 0 Å². The number of rotatable bonds is 10. The number of hydrogen-bond donors (Lipinski definition) is 1. The number of aryl methyl sites for hydroxylation is 1. The van der Waals surface area contributed by atoms with E-state index in [1.165, 1.54) is 34.4 Å². The number of aliphatic imine (C=N–C) groups is 1. The fourth-order valence-corrected chi connectivity index (χ4v) is 3.70. The highest BCUT2D eigenvalue weighted by Gasteiger charge is 2.11. The van der Waals surface area contributed by atoms with Crippen molar-refractivity contribution in [1.29, 1.82) is 0 Å². The third kappa shape index (κ3) is 8.66. The van der Waals surface area contributed by atoms with E-state index in [0.29, 0.717) is 16.5 Å². The Kier molecular flexibility index (Phi) is 11.1. The van der Waals surface area contributed by atoms with Gasteiger partial charge in [-0.05, 0) is 73.6 Å². The first-order valence-electron chi connectivity index (χ1n) is 11.8. The van der Waals surface area contributed by atoms with E-state index in [9.17, 15) is 4.39 Å². The van der Waals surface area contributed by atoms with Crippen molar-refractivity contribution in [2.24, 2.45) is 4.99 Å². The van der Waals surface area contributed by atoms with Crippen molar-refractivity contribution in [3.8, 4) is 0 Å². The molecule has 0 atom stereocenters. The van der Waals surface area contributed by atoms with Crippen LogP contribution in [0.4, 0.5) is 10.1 Å². The second kappa shape index (κ2) is 13.8. The van der Waals surface area contributed by atoms with E-state index < -0.39 is 0 Å². The van der Waals surface area contributed by atoms with E-state index in [1.807, 2.05) is 13.1 Å². The monoisotopic (exact) mass is 466 g/mol. The van der Waals surface area contributed by atoms with Crippen molar-refractivity contribution < 1.29 is 4.39 Å². The van der Waals surface area contributed by atoms with Gasteiger partial charge in [-0.1, -0.05) is 81.6 Å². The molecular formula is C29H36ClFN2. The zero-order valence-corrected chi connectivity index (χ0v) is 21.3. The molecule has 0 unspecified atom stereocenters. The van der Waals surface area contributed by atoms with Gasteiger partial charge >= 0.3 is 0 Å². The average molecular weight is 467 g/mol. The topological polar surface area (TPSA) is 24.4 Å². The molecule has 0 aliphatic rings. The maximum Gasteiger partial charge on any atom is 0.126 e. The zero-order chi connectivity index (χ0) is 24.2. The van der Waals surface area contributed by atoms with Crippen LogP contribution in [0.25, 0.3) is 5.57 Å². The summed E-state index contributed by atoms with van der Waals surface area (Å²) in [6.07, 6.45) is 11.7. The highest BCUT2D eigenvalue weighted by Crippen LogP contribution is 2.30. The van der Waals surface area contributed by atoms with Gasteiger partial charge in [-0.2, -0.15) is 0 Å². The lowest BCUT2D eigenvalue weighted by molar-refractivity contribution is 0.628. The van der Waals surface area contributed by atoms with E-state index in [-0.39, 0.29) is 5.82 Å². The van der Waals surface area contributed by atoms with Crippen molar-refractivity contribution in [3.63, 3.8) is 0 Å². The molecule has 2 aromatic rings. The molecule has 176 valence electrons. The van der Waals surface area contributed by atoms with Crippen molar-refractivity contribution in [2.45, 2.75) is 66.7 Å². The van der Waals surface area contributed by atoms with Crippen molar-refractivity contribution in [1.82, 2.24) is 0 Å². The highest BCUT2D eigenvalue weighted by molar-refractivity contribution is 6.30. The van der Waals surface area contributed by atoms with Crippen molar-refractivity contribution in [3.05, 3.63) is 93.9 Å². The third-order valence-corrected chi connectivity index (χ3v) is 5.56. The normalized spacial score (nSPS) is 13.4. The number of nitrogens with zero attached hydrogens (tertiary/aromatic N) is 1. The summed E-state index contributed by atoms with van der Waals surface area (Å²) >= 11 is 5.98. The summed E-state index contributed by atoms with van der Waals surface area (Å²) in [7, 11) is 0. The Hall–Kier alpha value is -2.65. The SMILES string of the molecule is CCC\C=C(C(=C/N=C(C)Nc1cc(F)cc(Cl)c1)/C(C)=C/CCC)\c1ccc(CC)cc1. The van der Waals surface area contributed by atoms with Gasteiger partial charge in [0.25, 0.3) is 0 Å². The molecule has 0 aliphatic heterocycles. The van der Waals surface area contributed by atoms with E-state index >= 15 is 0 Å². The molecule has 0 saturated heterocycles. The highest BCUT2D eigenvalue weighted by atomic mass is 35.5. The summed E-state index contributed by atoms with van der Waals surface area (Å²) in [6.45, 7) is 10.5. The molecule has 0 spiro atoms. The first-order chi connectivity index (χ1) is 15.9. The largest absolute Gasteiger partial charge is 0.344 e. The fourth-order valence-electron chi connectivity index (χ4n) is 3.48. The van der Waals surface area contributed by atoms with Gasteiger partial charge in [0.15, 0.2) is 0 Å². The van der Waals surface area contributed by atoms with Crippen LogP contribution in [0.1, 0.15) is 71.4 Å². The third-order valence-electron chi connectivity index (χ3n) is 5.34. The maximum absolute atomic E-state index is 13.7. The Morgan fingerprint density at radius 2 is 1.64 bits per heavy atom. The number of hydrogen-bond acceptors (Lipinski definition) is 1. The minimum atomic E-state index is -0.382.